The van der Waals surface area contributed by atoms with Crippen molar-refractivity contribution in [1.29, 1.82) is 0 Å². The highest BCUT2D eigenvalue weighted by atomic mass is 16.5. The van der Waals surface area contributed by atoms with Crippen LogP contribution in [-0.4, -0.2) is 37.2 Å². The monoisotopic (exact) mass is 473 g/mol. The number of hydrogen-bond donors (Lipinski definition) is 2. The van der Waals surface area contributed by atoms with Crippen molar-refractivity contribution in [2.75, 3.05) is 14.2 Å². The molecule has 0 heterocycles. The van der Waals surface area contributed by atoms with Gasteiger partial charge in [0.15, 0.2) is 0 Å². The molecular formula is C29H31NO5. The van der Waals surface area contributed by atoms with E-state index in [9.17, 15) is 14.7 Å². The summed E-state index contributed by atoms with van der Waals surface area (Å²) >= 11 is 0. The van der Waals surface area contributed by atoms with Crippen LogP contribution in [0.2, 0.25) is 0 Å². The average Bonchev–Trinajstić information content (AvgIpc) is 3.40. The third kappa shape index (κ3) is 5.02. The lowest BCUT2D eigenvalue weighted by atomic mass is 9.77. The van der Waals surface area contributed by atoms with Gasteiger partial charge in [0.1, 0.15) is 17.5 Å². The predicted octanol–water partition coefficient (Wildman–Crippen LogP) is 4.99. The van der Waals surface area contributed by atoms with Crippen molar-refractivity contribution in [3.8, 4) is 22.6 Å². The molecule has 0 bridgehead atoms. The summed E-state index contributed by atoms with van der Waals surface area (Å²) in [5, 5.41) is 12.8. The molecule has 0 spiro atoms. The molecule has 1 fully saturated rings. The molecule has 0 aliphatic heterocycles. The Kier molecular flexibility index (Phi) is 7.39. The number of aliphatic carboxylic acids is 1. The Morgan fingerprint density at radius 2 is 1.49 bits per heavy atom. The number of rotatable bonds is 9. The largest absolute Gasteiger partial charge is 0.496 e. The Morgan fingerprint density at radius 1 is 0.886 bits per heavy atom. The zero-order valence-corrected chi connectivity index (χ0v) is 20.1. The Balaban J connectivity index is 1.54. The van der Waals surface area contributed by atoms with Gasteiger partial charge in [-0.15, -0.1) is 0 Å². The molecule has 3 aromatic carbocycles. The van der Waals surface area contributed by atoms with Crippen molar-refractivity contribution in [3.63, 3.8) is 0 Å². The molecule has 1 amide bonds. The first-order chi connectivity index (χ1) is 17.0. The van der Waals surface area contributed by atoms with Gasteiger partial charge in [-0.3, -0.25) is 4.79 Å². The molecule has 0 radical (unpaired) electrons. The van der Waals surface area contributed by atoms with Crippen LogP contribution >= 0.6 is 0 Å². The number of amides is 1. The Hall–Kier alpha value is -3.80. The Labute approximate surface area is 205 Å². The Morgan fingerprint density at radius 3 is 2.03 bits per heavy atom. The van der Waals surface area contributed by atoms with Gasteiger partial charge in [0.25, 0.3) is 0 Å². The molecule has 182 valence electrons. The van der Waals surface area contributed by atoms with E-state index in [2.05, 4.69) is 5.32 Å². The van der Waals surface area contributed by atoms with E-state index in [1.807, 2.05) is 72.8 Å². The minimum absolute atomic E-state index is 0.190. The molecule has 2 N–H and O–H groups in total. The van der Waals surface area contributed by atoms with E-state index in [0.29, 0.717) is 11.5 Å². The van der Waals surface area contributed by atoms with Crippen LogP contribution in [0, 0.1) is 0 Å². The van der Waals surface area contributed by atoms with Crippen molar-refractivity contribution in [2.45, 2.75) is 43.6 Å². The van der Waals surface area contributed by atoms with Crippen molar-refractivity contribution in [1.82, 2.24) is 5.32 Å². The van der Waals surface area contributed by atoms with Crippen LogP contribution in [0.4, 0.5) is 0 Å². The third-order valence-corrected chi connectivity index (χ3v) is 6.93. The number of carboxylic acid groups (broad SMARTS) is 1. The second kappa shape index (κ2) is 10.6. The summed E-state index contributed by atoms with van der Waals surface area (Å²) in [6, 6.07) is 21.9. The molecule has 1 atom stereocenters. The second-order valence-corrected chi connectivity index (χ2v) is 8.96. The van der Waals surface area contributed by atoms with E-state index >= 15 is 0 Å². The second-order valence-electron chi connectivity index (χ2n) is 8.96. The molecule has 0 saturated heterocycles. The molecule has 4 rings (SSSR count). The van der Waals surface area contributed by atoms with E-state index in [4.69, 9.17) is 9.47 Å². The predicted molar refractivity (Wildman–Crippen MR) is 135 cm³/mol. The number of ether oxygens (including phenoxy) is 2. The maximum Gasteiger partial charge on any atom is 0.326 e. The molecule has 0 aromatic heterocycles. The van der Waals surface area contributed by atoms with Crippen LogP contribution in [0.25, 0.3) is 11.1 Å². The van der Waals surface area contributed by atoms with Crippen molar-refractivity contribution >= 4 is 11.9 Å². The van der Waals surface area contributed by atoms with Gasteiger partial charge in [0.2, 0.25) is 5.91 Å². The zero-order chi connectivity index (χ0) is 24.8. The highest BCUT2D eigenvalue weighted by molar-refractivity contribution is 5.92. The van der Waals surface area contributed by atoms with Crippen LogP contribution in [0.1, 0.15) is 36.8 Å². The number of hydrogen-bond acceptors (Lipinski definition) is 4. The number of nitrogens with one attached hydrogen (secondary N) is 1. The fourth-order valence-corrected chi connectivity index (χ4v) is 5.06. The molecule has 0 unspecified atom stereocenters. The fourth-order valence-electron chi connectivity index (χ4n) is 5.06. The van der Waals surface area contributed by atoms with Gasteiger partial charge in [-0.2, -0.15) is 0 Å². The summed E-state index contributed by atoms with van der Waals surface area (Å²) < 4.78 is 11.0. The van der Waals surface area contributed by atoms with Gasteiger partial charge in [-0.05, 0) is 41.7 Å². The fraction of sp³-hybridized carbons (Fsp3) is 0.310. The number of benzene rings is 3. The van der Waals surface area contributed by atoms with Crippen molar-refractivity contribution in [2.24, 2.45) is 0 Å². The van der Waals surface area contributed by atoms with Crippen LogP contribution in [0.15, 0.2) is 72.8 Å². The smallest absolute Gasteiger partial charge is 0.326 e. The molecule has 35 heavy (non-hydrogen) atoms. The van der Waals surface area contributed by atoms with Gasteiger partial charge in [0.05, 0.1) is 25.2 Å². The molecule has 1 aliphatic carbocycles. The topological polar surface area (TPSA) is 84.9 Å². The Bertz CT molecular complexity index is 1150. The van der Waals surface area contributed by atoms with Gasteiger partial charge in [0, 0.05) is 6.42 Å². The van der Waals surface area contributed by atoms with Crippen LogP contribution in [-0.2, 0) is 21.4 Å². The van der Waals surface area contributed by atoms with Crippen LogP contribution < -0.4 is 14.8 Å². The van der Waals surface area contributed by atoms with Crippen LogP contribution in [0.5, 0.6) is 11.5 Å². The first-order valence-corrected chi connectivity index (χ1v) is 11.9. The van der Waals surface area contributed by atoms with E-state index in [1.54, 1.807) is 14.2 Å². The van der Waals surface area contributed by atoms with Gasteiger partial charge < -0.3 is 19.9 Å². The van der Waals surface area contributed by atoms with E-state index in [1.165, 1.54) is 0 Å². The first kappa shape index (κ1) is 24.3. The SMILES string of the molecule is COc1cccc(OC)c1-c1ccc(C[C@H](NC(=O)C2(c3ccccc3)CCCC2)C(=O)O)cc1. The number of carbonyl (C=O) groups is 2. The lowest BCUT2D eigenvalue weighted by molar-refractivity contribution is -0.142. The molecule has 1 saturated carbocycles. The van der Waals surface area contributed by atoms with Crippen molar-refractivity contribution < 1.29 is 24.2 Å². The van der Waals surface area contributed by atoms with Crippen LogP contribution in [0.3, 0.4) is 0 Å². The molecule has 1 aliphatic rings. The van der Waals surface area contributed by atoms with E-state index in [-0.39, 0.29) is 12.3 Å². The minimum atomic E-state index is -1.05. The number of carbonyl (C=O) groups excluding carboxylic acids is 1. The summed E-state index contributed by atoms with van der Waals surface area (Å²) in [7, 11) is 3.22. The number of methoxy groups -OCH3 is 2. The maximum absolute atomic E-state index is 13.5. The molecular weight excluding hydrogens is 442 g/mol. The summed E-state index contributed by atoms with van der Waals surface area (Å²) in [6.45, 7) is 0. The highest BCUT2D eigenvalue weighted by Crippen LogP contribution is 2.41. The minimum Gasteiger partial charge on any atom is -0.496 e. The number of carboxylic acids is 1. The maximum atomic E-state index is 13.5. The van der Waals surface area contributed by atoms with Gasteiger partial charge in [-0.1, -0.05) is 73.5 Å². The normalized spacial score (nSPS) is 15.3. The summed E-state index contributed by atoms with van der Waals surface area (Å²) in [4.78, 5) is 25.6. The molecule has 6 nitrogen and oxygen atoms in total. The summed E-state index contributed by atoms with van der Waals surface area (Å²) in [6.07, 6.45) is 3.55. The van der Waals surface area contributed by atoms with E-state index in [0.717, 1.165) is 47.9 Å². The summed E-state index contributed by atoms with van der Waals surface area (Å²) in [5.74, 6) is 0.130. The van der Waals surface area contributed by atoms with E-state index < -0.39 is 17.4 Å². The quantitative estimate of drug-likeness (QED) is 0.457. The lowest BCUT2D eigenvalue weighted by Crippen LogP contribution is -2.50. The average molecular weight is 474 g/mol. The van der Waals surface area contributed by atoms with Crippen molar-refractivity contribution in [3.05, 3.63) is 83.9 Å². The standard InChI is InChI=1S/C29H31NO5/c1-34-24-11-8-12-25(35-2)26(24)21-15-13-20(14-16-21)19-23(27(31)32)30-28(33)29(17-6-7-18-29)22-9-4-3-5-10-22/h3-5,8-16,23H,6-7,17-19H2,1-2H3,(H,30,33)(H,31,32)/t23-/m0/s1. The third-order valence-electron chi connectivity index (χ3n) is 6.93. The first-order valence-electron chi connectivity index (χ1n) is 11.9. The summed E-state index contributed by atoms with van der Waals surface area (Å²) in [5.41, 5.74) is 2.83. The molecule has 6 heteroatoms. The zero-order valence-electron chi connectivity index (χ0n) is 20.1. The van der Waals surface area contributed by atoms with Gasteiger partial charge in [-0.25, -0.2) is 4.79 Å². The molecule has 3 aromatic rings. The lowest BCUT2D eigenvalue weighted by Gasteiger charge is -2.30. The van der Waals surface area contributed by atoms with Gasteiger partial charge >= 0.3 is 5.97 Å². The highest BCUT2D eigenvalue weighted by Gasteiger charge is 2.43.